The summed E-state index contributed by atoms with van der Waals surface area (Å²) in [5, 5.41) is 11.1. The Balaban J connectivity index is 1.20. The van der Waals surface area contributed by atoms with Gasteiger partial charge in [0.2, 0.25) is 0 Å². The van der Waals surface area contributed by atoms with E-state index in [0.717, 1.165) is 43.0 Å². The molecule has 7 heteroatoms. The highest BCUT2D eigenvalue weighted by Gasteiger charge is 2.18. The van der Waals surface area contributed by atoms with Gasteiger partial charge >= 0.3 is 0 Å². The van der Waals surface area contributed by atoms with Gasteiger partial charge in [0, 0.05) is 25.1 Å². The second-order valence-electron chi connectivity index (χ2n) is 11.9. The van der Waals surface area contributed by atoms with E-state index in [4.69, 9.17) is 24.7 Å². The third-order valence-corrected chi connectivity index (χ3v) is 8.38. The molecule has 0 saturated carbocycles. The highest BCUT2D eigenvalue weighted by molar-refractivity contribution is 5.56. The van der Waals surface area contributed by atoms with Crippen molar-refractivity contribution >= 4 is 5.69 Å². The van der Waals surface area contributed by atoms with Crippen LogP contribution in [0.4, 0.5) is 5.69 Å². The van der Waals surface area contributed by atoms with E-state index in [2.05, 4.69) is 41.3 Å². The van der Waals surface area contributed by atoms with Crippen LogP contribution in [0.15, 0.2) is 127 Å². The lowest BCUT2D eigenvalue weighted by molar-refractivity contribution is 0.0648. The Morgan fingerprint density at radius 1 is 0.667 bits per heavy atom. The second-order valence-corrected chi connectivity index (χ2v) is 11.9. The Kier molecular flexibility index (Phi) is 12.7. The van der Waals surface area contributed by atoms with E-state index in [1.807, 2.05) is 84.9 Å². The number of aliphatic hydroxyl groups is 1. The van der Waals surface area contributed by atoms with Crippen LogP contribution in [0.3, 0.4) is 0 Å². The highest BCUT2D eigenvalue weighted by Crippen LogP contribution is 2.32. The number of nitrogen functional groups attached to an aromatic ring is 1. The first-order valence-corrected chi connectivity index (χ1v) is 16.4. The van der Waals surface area contributed by atoms with Crippen LogP contribution in [0, 0.1) is 0 Å². The van der Waals surface area contributed by atoms with Crippen molar-refractivity contribution < 1.29 is 24.1 Å². The molecule has 0 bridgehead atoms. The minimum absolute atomic E-state index is 0.148. The molecular weight excluding hydrogens is 600 g/mol. The highest BCUT2D eigenvalue weighted by atomic mass is 16.5. The molecule has 0 saturated heterocycles. The Labute approximate surface area is 284 Å². The van der Waals surface area contributed by atoms with Crippen LogP contribution < -0.4 is 24.7 Å². The van der Waals surface area contributed by atoms with Crippen molar-refractivity contribution in [2.75, 3.05) is 39.6 Å². The number of rotatable bonds is 18. The van der Waals surface area contributed by atoms with Crippen molar-refractivity contribution in [2.45, 2.75) is 38.0 Å². The maximum atomic E-state index is 11.1. The maximum absolute atomic E-state index is 11.1. The first kappa shape index (κ1) is 34.4. The van der Waals surface area contributed by atoms with Crippen LogP contribution in [-0.2, 0) is 13.2 Å². The van der Waals surface area contributed by atoms with Crippen LogP contribution in [0.2, 0.25) is 0 Å². The van der Waals surface area contributed by atoms with Gasteiger partial charge in [0.05, 0.1) is 19.9 Å². The molecule has 5 aromatic rings. The normalized spacial score (nSPS) is 11.8. The fraction of sp³-hybridized carbons (Fsp3) is 0.268. The third kappa shape index (κ3) is 10.3. The number of nitrogens with zero attached hydrogens (tertiary/aromatic N) is 1. The van der Waals surface area contributed by atoms with E-state index < -0.39 is 6.10 Å². The van der Waals surface area contributed by atoms with E-state index >= 15 is 0 Å². The molecule has 0 unspecified atom stereocenters. The van der Waals surface area contributed by atoms with Gasteiger partial charge < -0.3 is 29.8 Å². The van der Waals surface area contributed by atoms with Gasteiger partial charge in [-0.05, 0) is 78.0 Å². The first-order valence-electron chi connectivity index (χ1n) is 16.4. The maximum Gasteiger partial charge on any atom is 0.142 e. The SMILES string of the molecule is COc1ccc(C(CCCN(Cc2ccccc2)C[C@H](O)COc2ccc(OCc3ccccc3)c(N)c2)c2ccc(OC)cc2)cc1. The van der Waals surface area contributed by atoms with Crippen LogP contribution in [0.5, 0.6) is 23.0 Å². The van der Waals surface area contributed by atoms with Gasteiger partial charge in [-0.1, -0.05) is 84.9 Å². The van der Waals surface area contributed by atoms with Crippen LogP contribution in [-0.4, -0.2) is 50.0 Å². The zero-order chi connectivity index (χ0) is 33.6. The van der Waals surface area contributed by atoms with Crippen molar-refractivity contribution in [3.63, 3.8) is 0 Å². The molecule has 48 heavy (non-hydrogen) atoms. The molecule has 0 aromatic heterocycles. The van der Waals surface area contributed by atoms with Crippen molar-refractivity contribution in [1.29, 1.82) is 0 Å². The van der Waals surface area contributed by atoms with Gasteiger partial charge in [-0.15, -0.1) is 0 Å². The average molecular weight is 647 g/mol. The van der Waals surface area contributed by atoms with E-state index in [1.165, 1.54) is 16.7 Å². The Morgan fingerprint density at radius 2 is 1.23 bits per heavy atom. The molecule has 0 amide bonds. The Morgan fingerprint density at radius 3 is 1.79 bits per heavy atom. The summed E-state index contributed by atoms with van der Waals surface area (Å²) in [6, 6.07) is 42.3. The van der Waals surface area contributed by atoms with Gasteiger partial charge in [-0.3, -0.25) is 4.90 Å². The fourth-order valence-corrected chi connectivity index (χ4v) is 5.82. The zero-order valence-electron chi connectivity index (χ0n) is 27.8. The minimum Gasteiger partial charge on any atom is -0.497 e. The predicted molar refractivity (Wildman–Crippen MR) is 192 cm³/mol. The summed E-state index contributed by atoms with van der Waals surface area (Å²) in [4.78, 5) is 2.30. The summed E-state index contributed by atoms with van der Waals surface area (Å²) in [5.41, 5.74) is 11.5. The summed E-state index contributed by atoms with van der Waals surface area (Å²) >= 11 is 0. The van der Waals surface area contributed by atoms with E-state index in [1.54, 1.807) is 20.3 Å². The molecule has 0 aliphatic rings. The molecule has 7 nitrogen and oxygen atoms in total. The van der Waals surface area contributed by atoms with Crippen LogP contribution in [0.1, 0.15) is 41.0 Å². The summed E-state index contributed by atoms with van der Waals surface area (Å²) in [6.45, 7) is 2.60. The largest absolute Gasteiger partial charge is 0.497 e. The molecule has 0 heterocycles. The molecule has 5 rings (SSSR count). The van der Waals surface area contributed by atoms with Crippen LogP contribution >= 0.6 is 0 Å². The summed E-state index contributed by atoms with van der Waals surface area (Å²) < 4.78 is 22.7. The summed E-state index contributed by atoms with van der Waals surface area (Å²) in [7, 11) is 3.37. The molecule has 1 atom stereocenters. The van der Waals surface area contributed by atoms with Gasteiger partial charge in [0.25, 0.3) is 0 Å². The van der Waals surface area contributed by atoms with E-state index in [9.17, 15) is 5.11 Å². The van der Waals surface area contributed by atoms with Crippen molar-refractivity contribution in [2.24, 2.45) is 0 Å². The summed E-state index contributed by atoms with van der Waals surface area (Å²) in [6.07, 6.45) is 1.18. The van der Waals surface area contributed by atoms with Crippen LogP contribution in [0.25, 0.3) is 0 Å². The van der Waals surface area contributed by atoms with E-state index in [-0.39, 0.29) is 12.5 Å². The smallest absolute Gasteiger partial charge is 0.142 e. The third-order valence-electron chi connectivity index (χ3n) is 8.38. The molecule has 0 aliphatic carbocycles. The van der Waals surface area contributed by atoms with Crippen molar-refractivity contribution in [3.8, 4) is 23.0 Å². The molecule has 5 aromatic carbocycles. The second kappa shape index (κ2) is 17.8. The van der Waals surface area contributed by atoms with Crippen molar-refractivity contribution in [1.82, 2.24) is 4.90 Å². The molecule has 0 fully saturated rings. The Bertz CT molecular complexity index is 1600. The lowest BCUT2D eigenvalue weighted by Gasteiger charge is -2.27. The monoisotopic (exact) mass is 646 g/mol. The number of benzene rings is 5. The first-order chi connectivity index (χ1) is 23.5. The fourth-order valence-electron chi connectivity index (χ4n) is 5.82. The average Bonchev–Trinajstić information content (AvgIpc) is 3.13. The van der Waals surface area contributed by atoms with Gasteiger partial charge in [0.1, 0.15) is 42.3 Å². The zero-order valence-corrected chi connectivity index (χ0v) is 27.8. The molecule has 250 valence electrons. The minimum atomic E-state index is -0.692. The molecule has 0 spiro atoms. The molecule has 0 radical (unpaired) electrons. The number of hydrogen-bond acceptors (Lipinski definition) is 7. The van der Waals surface area contributed by atoms with Gasteiger partial charge in [-0.2, -0.15) is 0 Å². The summed E-state index contributed by atoms with van der Waals surface area (Å²) in [5.74, 6) is 3.08. The quantitative estimate of drug-likeness (QED) is 0.0943. The number of hydrogen-bond donors (Lipinski definition) is 2. The van der Waals surface area contributed by atoms with Gasteiger partial charge in [0.15, 0.2) is 0 Å². The number of nitrogens with two attached hydrogens (primary N) is 1. The lowest BCUT2D eigenvalue weighted by atomic mass is 9.87. The predicted octanol–water partition coefficient (Wildman–Crippen LogP) is 7.72. The topological polar surface area (TPSA) is 86.4 Å². The number of anilines is 1. The number of methoxy groups -OCH3 is 2. The molecular formula is C41H46N2O5. The lowest BCUT2D eigenvalue weighted by Crippen LogP contribution is -2.36. The number of aliphatic hydroxyl groups excluding tert-OH is 1. The molecule has 0 aliphatic heterocycles. The van der Waals surface area contributed by atoms with E-state index in [0.29, 0.717) is 30.3 Å². The van der Waals surface area contributed by atoms with Gasteiger partial charge in [-0.25, -0.2) is 0 Å². The van der Waals surface area contributed by atoms with Crippen molar-refractivity contribution in [3.05, 3.63) is 150 Å². The number of ether oxygens (including phenoxy) is 4. The Hall–Kier alpha value is -4.98. The standard InChI is InChI=1S/C41H46N2O5/c1-45-36-19-15-33(16-20-36)39(34-17-21-37(46-2)22-18-34)14-9-25-43(27-31-10-5-3-6-11-31)28-35(44)30-47-38-23-24-41(40(42)26-38)48-29-32-12-7-4-8-13-32/h3-8,10-13,15-24,26,35,39,44H,9,14,25,27-30,42H2,1-2H3/t35-/m0/s1. The molecule has 3 N–H and O–H groups in total.